The van der Waals surface area contributed by atoms with Gasteiger partial charge >= 0.3 is 6.03 Å². The second kappa shape index (κ2) is 8.01. The van der Waals surface area contributed by atoms with Gasteiger partial charge in [-0.3, -0.25) is 0 Å². The standard InChI is InChI=1S/C22H28N2O3/c1-22(2,3)16-8-10-17(11-9-16)27-13-12-23-21(26)24-20-18-7-5-4-6-15(18)14-19(20)25/h4-11,19-20,25H,12-14H2,1-3H3,(H2,23,24,26)/t19-,20+/m0/s1. The van der Waals surface area contributed by atoms with Crippen LogP contribution in [-0.4, -0.2) is 30.4 Å². The lowest BCUT2D eigenvalue weighted by Crippen LogP contribution is -2.42. The molecule has 5 heteroatoms. The van der Waals surface area contributed by atoms with E-state index in [0.29, 0.717) is 19.6 Å². The van der Waals surface area contributed by atoms with Crippen LogP contribution >= 0.6 is 0 Å². The van der Waals surface area contributed by atoms with Crippen molar-refractivity contribution >= 4 is 6.03 Å². The number of carbonyl (C=O) groups is 1. The van der Waals surface area contributed by atoms with Crippen molar-refractivity contribution in [3.05, 3.63) is 65.2 Å². The minimum absolute atomic E-state index is 0.113. The van der Waals surface area contributed by atoms with Gasteiger partial charge in [0.1, 0.15) is 12.4 Å². The summed E-state index contributed by atoms with van der Waals surface area (Å²) in [4.78, 5) is 12.1. The van der Waals surface area contributed by atoms with E-state index in [1.165, 1.54) is 5.56 Å². The molecule has 1 aliphatic rings. The lowest BCUT2D eigenvalue weighted by atomic mass is 9.87. The molecule has 2 amide bonds. The van der Waals surface area contributed by atoms with E-state index in [-0.39, 0.29) is 17.5 Å². The molecule has 0 radical (unpaired) electrons. The van der Waals surface area contributed by atoms with Crippen molar-refractivity contribution in [1.29, 1.82) is 0 Å². The van der Waals surface area contributed by atoms with Gasteiger partial charge in [0.05, 0.1) is 18.7 Å². The second-order valence-electron chi connectivity index (χ2n) is 7.97. The molecule has 2 aromatic rings. The fourth-order valence-electron chi connectivity index (χ4n) is 3.32. The first-order chi connectivity index (χ1) is 12.8. The highest BCUT2D eigenvalue weighted by Crippen LogP contribution is 2.31. The largest absolute Gasteiger partial charge is 0.492 e. The molecule has 0 unspecified atom stereocenters. The summed E-state index contributed by atoms with van der Waals surface area (Å²) in [5, 5.41) is 15.8. The maximum absolute atomic E-state index is 12.1. The maximum atomic E-state index is 12.1. The Morgan fingerprint density at radius 3 is 2.56 bits per heavy atom. The van der Waals surface area contributed by atoms with E-state index in [0.717, 1.165) is 16.9 Å². The van der Waals surface area contributed by atoms with Crippen LogP contribution < -0.4 is 15.4 Å². The van der Waals surface area contributed by atoms with Crippen LogP contribution in [0.15, 0.2) is 48.5 Å². The fourth-order valence-corrected chi connectivity index (χ4v) is 3.32. The van der Waals surface area contributed by atoms with E-state index in [4.69, 9.17) is 4.74 Å². The molecule has 0 aromatic heterocycles. The number of rotatable bonds is 5. The van der Waals surface area contributed by atoms with Crippen molar-refractivity contribution in [2.75, 3.05) is 13.2 Å². The third-order valence-corrected chi connectivity index (χ3v) is 4.87. The van der Waals surface area contributed by atoms with Crippen molar-refractivity contribution in [3.8, 4) is 5.75 Å². The van der Waals surface area contributed by atoms with Gasteiger partial charge in [0, 0.05) is 6.42 Å². The van der Waals surface area contributed by atoms with E-state index < -0.39 is 6.10 Å². The van der Waals surface area contributed by atoms with Crippen molar-refractivity contribution in [2.45, 2.75) is 44.8 Å². The van der Waals surface area contributed by atoms with Gasteiger partial charge in [-0.15, -0.1) is 0 Å². The van der Waals surface area contributed by atoms with Crippen molar-refractivity contribution in [1.82, 2.24) is 10.6 Å². The van der Waals surface area contributed by atoms with Gasteiger partial charge in [0.25, 0.3) is 0 Å². The first-order valence-corrected chi connectivity index (χ1v) is 9.38. The third-order valence-electron chi connectivity index (χ3n) is 4.87. The number of amides is 2. The monoisotopic (exact) mass is 368 g/mol. The zero-order valence-electron chi connectivity index (χ0n) is 16.2. The summed E-state index contributed by atoms with van der Waals surface area (Å²) in [5.41, 5.74) is 3.43. The molecular formula is C22H28N2O3. The van der Waals surface area contributed by atoms with Gasteiger partial charge in [-0.1, -0.05) is 57.2 Å². The highest BCUT2D eigenvalue weighted by atomic mass is 16.5. The molecule has 0 aliphatic heterocycles. The summed E-state index contributed by atoms with van der Waals surface area (Å²) < 4.78 is 5.68. The molecule has 144 valence electrons. The molecule has 0 spiro atoms. The molecular weight excluding hydrogens is 340 g/mol. The van der Waals surface area contributed by atoms with Crippen molar-refractivity contribution < 1.29 is 14.6 Å². The molecule has 0 saturated carbocycles. The Morgan fingerprint density at radius 2 is 1.85 bits per heavy atom. The number of benzene rings is 2. The van der Waals surface area contributed by atoms with Gasteiger partial charge in [-0.05, 0) is 34.2 Å². The topological polar surface area (TPSA) is 70.6 Å². The normalized spacial score (nSPS) is 18.7. The number of hydrogen-bond donors (Lipinski definition) is 3. The Hall–Kier alpha value is -2.53. The van der Waals surface area contributed by atoms with Crippen LogP contribution in [0.3, 0.4) is 0 Å². The number of hydrogen-bond acceptors (Lipinski definition) is 3. The predicted molar refractivity (Wildman–Crippen MR) is 106 cm³/mol. The van der Waals surface area contributed by atoms with Crippen molar-refractivity contribution in [2.24, 2.45) is 0 Å². The SMILES string of the molecule is CC(C)(C)c1ccc(OCCNC(=O)N[C@@H]2c3ccccc3C[C@@H]2O)cc1. The number of aliphatic hydroxyl groups is 1. The molecule has 0 heterocycles. The Labute approximate surface area is 160 Å². The first kappa shape index (κ1) is 19.2. The van der Waals surface area contributed by atoms with E-state index in [9.17, 15) is 9.90 Å². The first-order valence-electron chi connectivity index (χ1n) is 9.38. The number of urea groups is 1. The second-order valence-corrected chi connectivity index (χ2v) is 7.97. The van der Waals surface area contributed by atoms with Crippen LogP contribution in [0.4, 0.5) is 4.79 Å². The van der Waals surface area contributed by atoms with Crippen LogP contribution in [0.2, 0.25) is 0 Å². The number of ether oxygens (including phenoxy) is 1. The lowest BCUT2D eigenvalue weighted by Gasteiger charge is -2.19. The van der Waals surface area contributed by atoms with Gasteiger partial charge in [0.2, 0.25) is 0 Å². The summed E-state index contributed by atoms with van der Waals surface area (Å²) >= 11 is 0. The predicted octanol–water partition coefficient (Wildman–Crippen LogP) is 3.32. The minimum atomic E-state index is -0.592. The van der Waals surface area contributed by atoms with E-state index in [2.05, 4.69) is 43.5 Å². The molecule has 1 aliphatic carbocycles. The molecule has 3 rings (SSSR count). The summed E-state index contributed by atoms with van der Waals surface area (Å²) in [6.07, 6.45) is -0.0276. The van der Waals surface area contributed by atoms with E-state index >= 15 is 0 Å². The van der Waals surface area contributed by atoms with Crippen LogP contribution in [0.5, 0.6) is 5.75 Å². The van der Waals surface area contributed by atoms with Gasteiger partial charge in [0.15, 0.2) is 0 Å². The average Bonchev–Trinajstić information content (AvgIpc) is 2.94. The summed E-state index contributed by atoms with van der Waals surface area (Å²) in [7, 11) is 0. The number of aliphatic hydroxyl groups excluding tert-OH is 1. The van der Waals surface area contributed by atoms with E-state index in [1.54, 1.807) is 0 Å². The Morgan fingerprint density at radius 1 is 1.15 bits per heavy atom. The quantitative estimate of drug-likeness (QED) is 0.709. The molecule has 3 N–H and O–H groups in total. The number of fused-ring (bicyclic) bond motifs is 1. The van der Waals surface area contributed by atoms with Crippen LogP contribution in [-0.2, 0) is 11.8 Å². The molecule has 5 nitrogen and oxygen atoms in total. The third kappa shape index (κ3) is 4.80. The average molecular weight is 368 g/mol. The highest BCUT2D eigenvalue weighted by Gasteiger charge is 2.31. The number of nitrogens with one attached hydrogen (secondary N) is 2. The fraction of sp³-hybridized carbons (Fsp3) is 0.409. The Bertz CT molecular complexity index is 781. The van der Waals surface area contributed by atoms with Gasteiger partial charge in [-0.2, -0.15) is 0 Å². The smallest absolute Gasteiger partial charge is 0.315 e. The van der Waals surface area contributed by atoms with Gasteiger partial charge in [-0.25, -0.2) is 4.79 Å². The van der Waals surface area contributed by atoms with E-state index in [1.807, 2.05) is 36.4 Å². The zero-order valence-corrected chi connectivity index (χ0v) is 16.2. The van der Waals surface area contributed by atoms with Gasteiger partial charge < -0.3 is 20.5 Å². The van der Waals surface area contributed by atoms with Crippen molar-refractivity contribution in [3.63, 3.8) is 0 Å². The van der Waals surface area contributed by atoms with Crippen LogP contribution in [0, 0.1) is 0 Å². The molecule has 2 aromatic carbocycles. The molecule has 0 bridgehead atoms. The summed E-state index contributed by atoms with van der Waals surface area (Å²) in [6, 6.07) is 15.1. The zero-order chi connectivity index (χ0) is 19.4. The lowest BCUT2D eigenvalue weighted by molar-refractivity contribution is 0.142. The molecule has 2 atom stereocenters. The number of carbonyl (C=O) groups excluding carboxylic acids is 1. The molecule has 27 heavy (non-hydrogen) atoms. The maximum Gasteiger partial charge on any atom is 0.315 e. The Balaban J connectivity index is 1.43. The van der Waals surface area contributed by atoms with Crippen LogP contribution in [0.1, 0.15) is 43.5 Å². The minimum Gasteiger partial charge on any atom is -0.492 e. The summed E-state index contributed by atoms with van der Waals surface area (Å²) in [5.74, 6) is 0.783. The Kier molecular flexibility index (Phi) is 5.71. The van der Waals surface area contributed by atoms with Crippen LogP contribution in [0.25, 0.3) is 0 Å². The summed E-state index contributed by atoms with van der Waals surface area (Å²) in [6.45, 7) is 7.28. The highest BCUT2D eigenvalue weighted by molar-refractivity contribution is 5.74. The molecule has 0 fully saturated rings. The molecule has 0 saturated heterocycles.